The number of pyridine rings is 1. The van der Waals surface area contributed by atoms with Crippen LogP contribution in [0, 0.1) is 6.92 Å². The zero-order chi connectivity index (χ0) is 25.7. The second kappa shape index (κ2) is 10.9. The summed E-state index contributed by atoms with van der Waals surface area (Å²) < 4.78 is 5.51. The Bertz CT molecular complexity index is 1250. The molecule has 1 aromatic carbocycles. The van der Waals surface area contributed by atoms with E-state index in [0.29, 0.717) is 38.4 Å². The third kappa shape index (κ3) is 5.48. The summed E-state index contributed by atoms with van der Waals surface area (Å²) >= 11 is 0. The molecule has 2 aromatic heterocycles. The number of aromatic nitrogens is 1. The number of carbonyl (C=O) groups is 1. The van der Waals surface area contributed by atoms with Crippen molar-refractivity contribution in [2.75, 3.05) is 31.1 Å². The van der Waals surface area contributed by atoms with Crippen molar-refractivity contribution in [1.82, 2.24) is 15.2 Å². The zero-order valence-electron chi connectivity index (χ0n) is 20.4. The summed E-state index contributed by atoms with van der Waals surface area (Å²) in [5, 5.41) is 24.2. The minimum atomic E-state index is -0.349. The minimum Gasteiger partial charge on any atom is -0.505 e. The number of benzene rings is 1. The first-order valence-corrected chi connectivity index (χ1v) is 11.9. The molecule has 4 N–H and O–H groups in total. The number of aromatic hydroxyl groups is 1. The fourth-order valence-corrected chi connectivity index (χ4v) is 4.08. The lowest BCUT2D eigenvalue weighted by molar-refractivity contribution is 0.0743. The van der Waals surface area contributed by atoms with Crippen LogP contribution in [0.25, 0.3) is 5.41 Å². The van der Waals surface area contributed by atoms with Crippen LogP contribution in [0.1, 0.15) is 41.1 Å². The number of rotatable bonds is 6. The molecule has 10 heteroatoms. The highest BCUT2D eigenvalue weighted by Gasteiger charge is 2.25. The number of hydrogen-bond acceptors (Lipinski definition) is 6. The van der Waals surface area contributed by atoms with E-state index in [0.717, 1.165) is 11.4 Å². The molecule has 3 heterocycles. The van der Waals surface area contributed by atoms with Gasteiger partial charge in [-0.1, -0.05) is 19.1 Å². The van der Waals surface area contributed by atoms with Gasteiger partial charge in [-0.15, -0.1) is 0 Å². The highest BCUT2D eigenvalue weighted by atomic mass is 16.3. The topological polar surface area (TPSA) is 143 Å². The van der Waals surface area contributed by atoms with Gasteiger partial charge in [-0.2, -0.15) is 0 Å². The first kappa shape index (κ1) is 24.8. The van der Waals surface area contributed by atoms with Gasteiger partial charge in [-0.25, -0.2) is 9.98 Å². The molecule has 0 bridgehead atoms. The van der Waals surface area contributed by atoms with Crippen LogP contribution in [0.5, 0.6) is 5.75 Å². The molecule has 10 nitrogen and oxygen atoms in total. The molecule has 1 aliphatic heterocycles. The lowest BCUT2D eigenvalue weighted by Crippen LogP contribution is -2.49. The Hall–Kier alpha value is -4.34. The maximum atomic E-state index is 13.2. The SMILES string of the molecule is CC[C@@H](NC(=[N-])C(N)=Nc1cccc(C(=O)N2CCN(c3ccccn3)CC2)c1O)c1cc(C)co1. The standard InChI is InChI=1S/C26H30N7O3/c1-3-19(21-15-17(2)16-36-21)30-24(27)25(28)31-20-8-6-7-18(23(20)34)26(35)33-13-11-32(12-14-33)22-9-4-5-10-29-22/h4-10,15-16,19H,3,11-14H2,1-2H3,(H4-,27,28,30,31,34,35)/q-1/t19-/m1/s1. The minimum absolute atomic E-state index is 0.0840. The number of aliphatic imine (C=N–C) groups is 1. The van der Waals surface area contributed by atoms with Crippen LogP contribution in [0.3, 0.4) is 0 Å². The molecule has 0 unspecified atom stereocenters. The molecule has 188 valence electrons. The van der Waals surface area contributed by atoms with E-state index < -0.39 is 0 Å². The lowest BCUT2D eigenvalue weighted by atomic mass is 10.1. The Balaban J connectivity index is 1.44. The Morgan fingerprint density at radius 1 is 1.25 bits per heavy atom. The average Bonchev–Trinajstić information content (AvgIpc) is 3.34. The monoisotopic (exact) mass is 488 g/mol. The molecule has 0 spiro atoms. The maximum Gasteiger partial charge on any atom is 0.257 e. The molecule has 0 radical (unpaired) electrons. The number of hydrogen-bond donors (Lipinski definition) is 3. The summed E-state index contributed by atoms with van der Waals surface area (Å²) in [6, 6.07) is 12.0. The van der Waals surface area contributed by atoms with Gasteiger partial charge in [0, 0.05) is 38.4 Å². The van der Waals surface area contributed by atoms with Gasteiger partial charge < -0.3 is 35.8 Å². The maximum absolute atomic E-state index is 13.2. The van der Waals surface area contributed by atoms with E-state index in [4.69, 9.17) is 10.2 Å². The molecule has 0 aliphatic carbocycles. The summed E-state index contributed by atoms with van der Waals surface area (Å²) in [5.41, 5.74) is 7.17. The molecule has 3 aromatic rings. The molecule has 1 saturated heterocycles. The van der Waals surface area contributed by atoms with Gasteiger partial charge in [-0.05, 0) is 55.1 Å². The van der Waals surface area contributed by atoms with E-state index in [1.807, 2.05) is 38.1 Å². The number of nitrogens with two attached hydrogens (primary N) is 1. The first-order valence-electron chi connectivity index (χ1n) is 11.9. The summed E-state index contributed by atoms with van der Waals surface area (Å²) in [5.74, 6) is 0.371. The number of furan rings is 1. The van der Waals surface area contributed by atoms with Gasteiger partial charge in [0.05, 0.1) is 11.8 Å². The number of nitrogens with zero attached hydrogens (tertiary/aromatic N) is 5. The fourth-order valence-electron chi connectivity index (χ4n) is 4.08. The molecule has 1 atom stereocenters. The van der Waals surface area contributed by atoms with Crippen LogP contribution in [0.2, 0.25) is 0 Å². The van der Waals surface area contributed by atoms with Crippen molar-refractivity contribution in [1.29, 1.82) is 0 Å². The number of amides is 1. The number of phenols is 1. The number of phenolic OH excluding ortho intramolecular Hbond substituents is 1. The van der Waals surface area contributed by atoms with Gasteiger partial charge in [0.1, 0.15) is 23.1 Å². The smallest absolute Gasteiger partial charge is 0.257 e. The average molecular weight is 489 g/mol. The van der Waals surface area contributed by atoms with Gasteiger partial charge in [0.25, 0.3) is 5.91 Å². The zero-order valence-corrected chi connectivity index (χ0v) is 20.4. The van der Waals surface area contributed by atoms with Crippen molar-refractivity contribution in [2.24, 2.45) is 10.7 Å². The number of anilines is 1. The molecular weight excluding hydrogens is 458 g/mol. The predicted octanol–water partition coefficient (Wildman–Crippen LogP) is 3.35. The third-order valence-electron chi connectivity index (χ3n) is 6.08. The van der Waals surface area contributed by atoms with Crippen LogP contribution in [-0.4, -0.2) is 58.7 Å². The van der Waals surface area contributed by atoms with Crippen LogP contribution >= 0.6 is 0 Å². The number of para-hydroxylation sites is 1. The second-order valence-corrected chi connectivity index (χ2v) is 8.62. The van der Waals surface area contributed by atoms with E-state index in [1.165, 1.54) is 6.07 Å². The first-order chi connectivity index (χ1) is 17.4. The summed E-state index contributed by atoms with van der Waals surface area (Å²) in [6.07, 6.45) is 4.01. The summed E-state index contributed by atoms with van der Waals surface area (Å²) in [7, 11) is 0. The van der Waals surface area contributed by atoms with E-state index in [-0.39, 0.29) is 40.6 Å². The quantitative estimate of drug-likeness (QED) is 0.357. The van der Waals surface area contributed by atoms with Gasteiger partial charge in [-0.3, -0.25) is 4.79 Å². The highest BCUT2D eigenvalue weighted by molar-refractivity contribution is 6.41. The molecule has 1 aliphatic rings. The van der Waals surface area contributed by atoms with Crippen molar-refractivity contribution >= 4 is 29.1 Å². The molecule has 1 amide bonds. The lowest BCUT2D eigenvalue weighted by Gasteiger charge is -2.35. The van der Waals surface area contributed by atoms with E-state index in [2.05, 4.69) is 20.2 Å². The Kier molecular flexibility index (Phi) is 7.53. The number of nitrogens with one attached hydrogen (secondary N) is 1. The molecular formula is C26H30N7O3-. The largest absolute Gasteiger partial charge is 0.505 e. The fraction of sp³-hybridized carbons (Fsp3) is 0.308. The van der Waals surface area contributed by atoms with Crippen molar-refractivity contribution in [3.05, 3.63) is 77.2 Å². The van der Waals surface area contributed by atoms with Crippen LogP contribution in [0.15, 0.2) is 64.3 Å². The molecule has 1 fully saturated rings. The normalized spacial score (nSPS) is 15.0. The highest BCUT2D eigenvalue weighted by Crippen LogP contribution is 2.31. The van der Waals surface area contributed by atoms with Crippen LogP contribution < -0.4 is 16.0 Å². The summed E-state index contributed by atoms with van der Waals surface area (Å²) in [6.45, 7) is 6.11. The molecule has 36 heavy (non-hydrogen) atoms. The molecule has 4 rings (SSSR count). The molecule has 0 saturated carbocycles. The third-order valence-corrected chi connectivity index (χ3v) is 6.08. The Morgan fingerprint density at radius 2 is 2.03 bits per heavy atom. The van der Waals surface area contributed by atoms with Crippen molar-refractivity contribution < 1.29 is 14.3 Å². The van der Waals surface area contributed by atoms with E-state index in [1.54, 1.807) is 29.5 Å². The predicted molar refractivity (Wildman–Crippen MR) is 140 cm³/mol. The Morgan fingerprint density at radius 3 is 2.67 bits per heavy atom. The van der Waals surface area contributed by atoms with Crippen molar-refractivity contribution in [3.63, 3.8) is 0 Å². The second-order valence-electron chi connectivity index (χ2n) is 8.62. The van der Waals surface area contributed by atoms with Crippen molar-refractivity contribution in [2.45, 2.75) is 26.3 Å². The summed E-state index contributed by atoms with van der Waals surface area (Å²) in [4.78, 5) is 25.5. The number of piperazine rings is 1. The van der Waals surface area contributed by atoms with Crippen LogP contribution in [-0.2, 0) is 0 Å². The van der Waals surface area contributed by atoms with Gasteiger partial charge in [0.2, 0.25) is 0 Å². The Labute approximate surface area is 210 Å². The number of aryl methyl sites for hydroxylation is 1. The van der Waals surface area contributed by atoms with Gasteiger partial charge in [0.15, 0.2) is 5.75 Å². The van der Waals surface area contributed by atoms with Gasteiger partial charge >= 0.3 is 0 Å². The van der Waals surface area contributed by atoms with E-state index in [9.17, 15) is 15.3 Å². The van der Waals surface area contributed by atoms with Crippen LogP contribution in [0.4, 0.5) is 11.5 Å². The van der Waals surface area contributed by atoms with E-state index >= 15 is 0 Å². The van der Waals surface area contributed by atoms with Crippen molar-refractivity contribution in [3.8, 4) is 5.75 Å². The number of amidine groups is 2. The number of carbonyl (C=O) groups excluding carboxylic acids is 1.